The second kappa shape index (κ2) is 14.8. The van der Waals surface area contributed by atoms with Gasteiger partial charge in [0.1, 0.15) is 18.3 Å². The predicted octanol–water partition coefficient (Wildman–Crippen LogP) is 6.24. The van der Waals surface area contributed by atoms with Gasteiger partial charge in [0.25, 0.3) is 10.0 Å². The highest BCUT2D eigenvalue weighted by atomic mass is 35.5. The Kier molecular flexibility index (Phi) is 11.2. The Balaban J connectivity index is 1.79. The molecule has 8 nitrogen and oxygen atoms in total. The average molecular weight is 675 g/mol. The first-order chi connectivity index (χ1) is 21.0. The molecule has 1 atom stereocenters. The Labute approximate surface area is 272 Å². The Morgan fingerprint density at radius 2 is 1.50 bits per heavy atom. The normalized spacial score (nSPS) is 11.8. The summed E-state index contributed by atoms with van der Waals surface area (Å²) in [6.07, 6.45) is 0.180. The van der Waals surface area contributed by atoms with Crippen molar-refractivity contribution in [2.24, 2.45) is 0 Å². The molecule has 1 N–H and O–H groups in total. The molecule has 0 aliphatic rings. The van der Waals surface area contributed by atoms with E-state index in [4.69, 9.17) is 39.5 Å². The third kappa shape index (κ3) is 8.04. The van der Waals surface area contributed by atoms with Crippen molar-refractivity contribution in [1.29, 1.82) is 0 Å². The van der Waals surface area contributed by atoms with E-state index in [1.807, 2.05) is 30.3 Å². The SMILES string of the molecule is CNC(=O)[C@H](Cc1ccccc1)N(Cc1ccc(Cl)c(Cl)c1)C(=O)CN(c1ccc(Cl)cc1)S(=O)(=O)c1ccc(OC)cc1. The summed E-state index contributed by atoms with van der Waals surface area (Å²) in [5, 5.41) is 3.65. The minimum absolute atomic E-state index is 0.0440. The lowest BCUT2D eigenvalue weighted by Gasteiger charge is -2.33. The number of nitrogens with zero attached hydrogens (tertiary/aromatic N) is 2. The number of amides is 2. The van der Waals surface area contributed by atoms with Crippen molar-refractivity contribution < 1.29 is 22.7 Å². The molecule has 0 saturated heterocycles. The molecule has 0 aromatic heterocycles. The molecule has 44 heavy (non-hydrogen) atoms. The van der Waals surface area contributed by atoms with Crippen LogP contribution in [0.25, 0.3) is 0 Å². The fraction of sp³-hybridized carbons (Fsp3) is 0.188. The zero-order valence-corrected chi connectivity index (χ0v) is 27.0. The van der Waals surface area contributed by atoms with Crippen molar-refractivity contribution in [2.75, 3.05) is 25.0 Å². The molecule has 0 saturated carbocycles. The van der Waals surface area contributed by atoms with E-state index >= 15 is 0 Å². The van der Waals surface area contributed by atoms with Crippen LogP contribution in [-0.4, -0.2) is 51.9 Å². The van der Waals surface area contributed by atoms with E-state index in [1.54, 1.807) is 18.2 Å². The maximum atomic E-state index is 14.3. The van der Waals surface area contributed by atoms with Gasteiger partial charge in [0.15, 0.2) is 0 Å². The summed E-state index contributed by atoms with van der Waals surface area (Å²) >= 11 is 18.5. The summed E-state index contributed by atoms with van der Waals surface area (Å²) in [7, 11) is -1.31. The van der Waals surface area contributed by atoms with Gasteiger partial charge < -0.3 is 15.0 Å². The zero-order chi connectivity index (χ0) is 31.9. The first-order valence-electron chi connectivity index (χ1n) is 13.4. The molecule has 0 fully saturated rings. The summed E-state index contributed by atoms with van der Waals surface area (Å²) in [6.45, 7) is -0.655. The number of benzene rings is 4. The number of carbonyl (C=O) groups is 2. The van der Waals surface area contributed by atoms with Crippen molar-refractivity contribution in [1.82, 2.24) is 10.2 Å². The van der Waals surface area contributed by atoms with Crippen LogP contribution in [0.5, 0.6) is 5.75 Å². The number of carbonyl (C=O) groups excluding carboxylic acids is 2. The fourth-order valence-electron chi connectivity index (χ4n) is 4.57. The van der Waals surface area contributed by atoms with E-state index in [-0.39, 0.29) is 28.6 Å². The van der Waals surface area contributed by atoms with Crippen LogP contribution >= 0.6 is 34.8 Å². The summed E-state index contributed by atoms with van der Waals surface area (Å²) in [5.41, 5.74) is 1.63. The van der Waals surface area contributed by atoms with E-state index in [2.05, 4.69) is 5.32 Å². The van der Waals surface area contributed by atoms with Crippen LogP contribution in [0.4, 0.5) is 5.69 Å². The molecule has 4 rings (SSSR count). The molecule has 0 radical (unpaired) electrons. The van der Waals surface area contributed by atoms with Gasteiger partial charge in [0.05, 0.1) is 27.7 Å². The minimum Gasteiger partial charge on any atom is -0.497 e. The van der Waals surface area contributed by atoms with Gasteiger partial charge in [-0.05, 0) is 71.8 Å². The lowest BCUT2D eigenvalue weighted by atomic mass is 10.0. The number of anilines is 1. The molecule has 0 aliphatic heterocycles. The third-order valence-corrected chi connectivity index (χ3v) is 9.67. The topological polar surface area (TPSA) is 96.0 Å². The number of nitrogens with one attached hydrogen (secondary N) is 1. The van der Waals surface area contributed by atoms with Crippen LogP contribution in [0.3, 0.4) is 0 Å². The molecular weight excluding hydrogens is 645 g/mol. The fourth-order valence-corrected chi connectivity index (χ4v) is 6.43. The van der Waals surface area contributed by atoms with Crippen LogP contribution in [-0.2, 0) is 32.6 Å². The van der Waals surface area contributed by atoms with Crippen LogP contribution in [0, 0.1) is 0 Å². The van der Waals surface area contributed by atoms with Gasteiger partial charge in [0.2, 0.25) is 11.8 Å². The molecule has 0 bridgehead atoms. The maximum absolute atomic E-state index is 14.3. The second-order valence-electron chi connectivity index (χ2n) is 9.75. The molecule has 230 valence electrons. The Morgan fingerprint density at radius 3 is 2.09 bits per heavy atom. The van der Waals surface area contributed by atoms with Gasteiger partial charge >= 0.3 is 0 Å². The Hall–Kier alpha value is -3.76. The van der Waals surface area contributed by atoms with E-state index in [0.717, 1.165) is 9.87 Å². The molecule has 12 heteroatoms. The molecular formula is C32H30Cl3N3O5S. The van der Waals surface area contributed by atoms with Crippen LogP contribution < -0.4 is 14.4 Å². The van der Waals surface area contributed by atoms with Crippen LogP contribution in [0.2, 0.25) is 15.1 Å². The first-order valence-corrected chi connectivity index (χ1v) is 16.0. The third-order valence-electron chi connectivity index (χ3n) is 6.90. The van der Waals surface area contributed by atoms with Crippen molar-refractivity contribution in [3.63, 3.8) is 0 Å². The number of hydrogen-bond acceptors (Lipinski definition) is 5. The molecule has 4 aromatic carbocycles. The highest BCUT2D eigenvalue weighted by molar-refractivity contribution is 7.92. The van der Waals surface area contributed by atoms with Crippen LogP contribution in [0.1, 0.15) is 11.1 Å². The summed E-state index contributed by atoms with van der Waals surface area (Å²) in [6, 6.07) is 25.1. The molecule has 0 spiro atoms. The smallest absolute Gasteiger partial charge is 0.264 e. The number of hydrogen-bond donors (Lipinski definition) is 1. The van der Waals surface area contributed by atoms with Gasteiger partial charge in [0, 0.05) is 25.0 Å². The average Bonchev–Trinajstić information content (AvgIpc) is 3.03. The van der Waals surface area contributed by atoms with Crippen molar-refractivity contribution in [2.45, 2.75) is 23.9 Å². The first kappa shape index (κ1) is 33.1. The highest BCUT2D eigenvalue weighted by Gasteiger charge is 2.34. The lowest BCUT2D eigenvalue weighted by Crippen LogP contribution is -2.53. The summed E-state index contributed by atoms with van der Waals surface area (Å²) in [4.78, 5) is 29.0. The van der Waals surface area contributed by atoms with Crippen molar-refractivity contribution in [3.05, 3.63) is 123 Å². The van der Waals surface area contributed by atoms with Gasteiger partial charge in [-0.1, -0.05) is 71.2 Å². The van der Waals surface area contributed by atoms with Crippen molar-refractivity contribution in [3.8, 4) is 5.75 Å². The molecule has 0 unspecified atom stereocenters. The van der Waals surface area contributed by atoms with Gasteiger partial charge in [-0.3, -0.25) is 13.9 Å². The number of ether oxygens (including phenoxy) is 1. The van der Waals surface area contributed by atoms with E-state index in [1.165, 1.54) is 67.6 Å². The second-order valence-corrected chi connectivity index (χ2v) is 12.9. The molecule has 4 aromatic rings. The van der Waals surface area contributed by atoms with Crippen molar-refractivity contribution >= 4 is 62.3 Å². The van der Waals surface area contributed by atoms with Gasteiger partial charge in [-0.25, -0.2) is 8.42 Å². The van der Waals surface area contributed by atoms with Gasteiger partial charge in [-0.15, -0.1) is 0 Å². The largest absolute Gasteiger partial charge is 0.497 e. The number of halogens is 3. The number of rotatable bonds is 12. The Morgan fingerprint density at radius 1 is 0.841 bits per heavy atom. The van der Waals surface area contributed by atoms with E-state index < -0.39 is 34.4 Å². The van der Waals surface area contributed by atoms with E-state index in [0.29, 0.717) is 21.4 Å². The van der Waals surface area contributed by atoms with E-state index in [9.17, 15) is 18.0 Å². The molecule has 0 heterocycles. The lowest BCUT2D eigenvalue weighted by molar-refractivity contribution is -0.139. The summed E-state index contributed by atoms with van der Waals surface area (Å²) in [5.74, 6) is -0.564. The minimum atomic E-state index is -4.27. The molecule has 2 amide bonds. The maximum Gasteiger partial charge on any atom is 0.264 e. The molecule has 0 aliphatic carbocycles. The quantitative estimate of drug-likeness (QED) is 0.192. The standard InChI is InChI=1S/C32H30Cl3N3O5S/c1-36-32(40)30(19-22-6-4-3-5-7-22)37(20-23-8-17-28(34)29(35)18-23)31(39)21-38(25-11-9-24(33)10-12-25)44(41,42)27-15-13-26(43-2)14-16-27/h3-18,30H,19-21H2,1-2H3,(H,36,40)/t30-/m0/s1. The van der Waals surface area contributed by atoms with Crippen LogP contribution in [0.15, 0.2) is 102 Å². The number of methoxy groups -OCH3 is 1. The number of sulfonamides is 1. The Bertz CT molecular complexity index is 1700. The number of likely N-dealkylation sites (N-methyl/N-ethyl adjacent to an activating group) is 1. The van der Waals surface area contributed by atoms with Gasteiger partial charge in [-0.2, -0.15) is 0 Å². The predicted molar refractivity (Wildman–Crippen MR) is 174 cm³/mol. The highest BCUT2D eigenvalue weighted by Crippen LogP contribution is 2.28. The monoisotopic (exact) mass is 673 g/mol. The zero-order valence-electron chi connectivity index (χ0n) is 23.9. The summed E-state index contributed by atoms with van der Waals surface area (Å²) < 4.78 is 34.2.